The molecule has 1 fully saturated rings. The molecule has 0 amide bonds. The van der Waals surface area contributed by atoms with Gasteiger partial charge in [-0.2, -0.15) is 0 Å². The summed E-state index contributed by atoms with van der Waals surface area (Å²) < 4.78 is 5.86. The first kappa shape index (κ1) is 12.8. The average Bonchev–Trinajstić information content (AvgIpc) is 2.29. The highest BCUT2D eigenvalue weighted by Gasteiger charge is 2.33. The summed E-state index contributed by atoms with van der Waals surface area (Å²) in [5, 5.41) is 0.508. The van der Waals surface area contributed by atoms with Crippen molar-refractivity contribution >= 4 is 11.6 Å². The molecule has 1 aromatic rings. The average molecular weight is 255 g/mol. The maximum atomic E-state index is 6.07. The lowest BCUT2D eigenvalue weighted by atomic mass is 9.94. The van der Waals surface area contributed by atoms with Gasteiger partial charge in [-0.1, -0.05) is 25.4 Å². The standard InChI is InChI=1S/C13H19ClN2O/c1-9(2)10-8-11(14)16-12(15-10)13(3)6-4-5-7-17-13/h8-9H,4-7H2,1-3H3. The highest BCUT2D eigenvalue weighted by atomic mass is 35.5. The van der Waals surface area contributed by atoms with Crippen molar-refractivity contribution in [2.45, 2.75) is 51.6 Å². The Morgan fingerprint density at radius 2 is 2.12 bits per heavy atom. The zero-order valence-electron chi connectivity index (χ0n) is 10.7. The summed E-state index contributed by atoms with van der Waals surface area (Å²) in [4.78, 5) is 8.95. The van der Waals surface area contributed by atoms with Crippen LogP contribution in [0, 0.1) is 0 Å². The molecule has 1 aliphatic heterocycles. The Balaban J connectivity index is 2.37. The van der Waals surface area contributed by atoms with Crippen molar-refractivity contribution in [2.24, 2.45) is 0 Å². The van der Waals surface area contributed by atoms with E-state index >= 15 is 0 Å². The molecule has 2 heterocycles. The molecule has 1 unspecified atom stereocenters. The summed E-state index contributed by atoms with van der Waals surface area (Å²) in [5.74, 6) is 1.08. The van der Waals surface area contributed by atoms with E-state index in [-0.39, 0.29) is 5.60 Å². The maximum Gasteiger partial charge on any atom is 0.161 e. The molecule has 0 aliphatic carbocycles. The van der Waals surface area contributed by atoms with Crippen LogP contribution in [-0.4, -0.2) is 16.6 Å². The van der Waals surface area contributed by atoms with Crippen LogP contribution in [0.3, 0.4) is 0 Å². The number of rotatable bonds is 2. The van der Waals surface area contributed by atoms with Crippen molar-refractivity contribution in [3.05, 3.63) is 22.7 Å². The molecule has 0 aromatic carbocycles. The summed E-state index contributed by atoms with van der Waals surface area (Å²) in [7, 11) is 0. The van der Waals surface area contributed by atoms with Gasteiger partial charge in [0.15, 0.2) is 5.82 Å². The first-order valence-electron chi connectivity index (χ1n) is 6.20. The van der Waals surface area contributed by atoms with E-state index in [1.807, 2.05) is 6.07 Å². The molecule has 0 spiro atoms. The molecule has 1 atom stereocenters. The van der Waals surface area contributed by atoms with Crippen molar-refractivity contribution < 1.29 is 4.74 Å². The van der Waals surface area contributed by atoms with Gasteiger partial charge in [0.2, 0.25) is 0 Å². The van der Waals surface area contributed by atoms with Crippen molar-refractivity contribution in [1.82, 2.24) is 9.97 Å². The van der Waals surface area contributed by atoms with Gasteiger partial charge in [-0.05, 0) is 38.2 Å². The number of ether oxygens (including phenoxy) is 1. The maximum absolute atomic E-state index is 6.07. The lowest BCUT2D eigenvalue weighted by Gasteiger charge is -2.32. The Bertz CT molecular complexity index is 400. The fourth-order valence-corrected chi connectivity index (χ4v) is 2.27. The number of aromatic nitrogens is 2. The highest BCUT2D eigenvalue weighted by Crippen LogP contribution is 2.33. The second-order valence-corrected chi connectivity index (χ2v) is 5.52. The Kier molecular flexibility index (Phi) is 3.69. The molecule has 1 saturated heterocycles. The molecule has 17 heavy (non-hydrogen) atoms. The second-order valence-electron chi connectivity index (χ2n) is 5.13. The number of hydrogen-bond donors (Lipinski definition) is 0. The van der Waals surface area contributed by atoms with E-state index in [0.29, 0.717) is 11.1 Å². The Morgan fingerprint density at radius 3 is 2.71 bits per heavy atom. The minimum Gasteiger partial charge on any atom is -0.367 e. The summed E-state index contributed by atoms with van der Waals surface area (Å²) in [5.41, 5.74) is 0.614. The van der Waals surface area contributed by atoms with Crippen LogP contribution in [0.1, 0.15) is 57.5 Å². The van der Waals surface area contributed by atoms with Crippen LogP contribution in [-0.2, 0) is 10.3 Å². The van der Waals surface area contributed by atoms with Crippen LogP contribution in [0.4, 0.5) is 0 Å². The quantitative estimate of drug-likeness (QED) is 0.756. The normalized spacial score (nSPS) is 25.2. The molecule has 0 radical (unpaired) electrons. The molecule has 1 aliphatic rings. The molecule has 3 nitrogen and oxygen atoms in total. The predicted octanol–water partition coefficient (Wildman–Crippen LogP) is 3.67. The fraction of sp³-hybridized carbons (Fsp3) is 0.692. The molecule has 1 aromatic heterocycles. The zero-order chi connectivity index (χ0) is 12.5. The summed E-state index contributed by atoms with van der Waals surface area (Å²) in [6.07, 6.45) is 3.24. The van der Waals surface area contributed by atoms with E-state index in [1.165, 1.54) is 0 Å². The topological polar surface area (TPSA) is 35.0 Å². The molecule has 0 saturated carbocycles. The largest absolute Gasteiger partial charge is 0.367 e. The Labute approximate surface area is 108 Å². The number of nitrogens with zero attached hydrogens (tertiary/aromatic N) is 2. The van der Waals surface area contributed by atoms with Gasteiger partial charge < -0.3 is 4.74 Å². The van der Waals surface area contributed by atoms with Crippen LogP contribution >= 0.6 is 11.6 Å². The van der Waals surface area contributed by atoms with Gasteiger partial charge in [0.05, 0.1) is 0 Å². The lowest BCUT2D eigenvalue weighted by Crippen LogP contribution is -2.32. The monoisotopic (exact) mass is 254 g/mol. The number of halogens is 1. The van der Waals surface area contributed by atoms with E-state index < -0.39 is 0 Å². The zero-order valence-corrected chi connectivity index (χ0v) is 11.4. The number of hydrogen-bond acceptors (Lipinski definition) is 3. The molecule has 4 heteroatoms. The third-order valence-corrected chi connectivity index (χ3v) is 3.44. The van der Waals surface area contributed by atoms with E-state index in [9.17, 15) is 0 Å². The van der Waals surface area contributed by atoms with Gasteiger partial charge >= 0.3 is 0 Å². The van der Waals surface area contributed by atoms with Gasteiger partial charge in [-0.15, -0.1) is 0 Å². The minimum absolute atomic E-state index is 0.349. The van der Waals surface area contributed by atoms with Gasteiger partial charge in [-0.3, -0.25) is 0 Å². The molecule has 2 rings (SSSR count). The van der Waals surface area contributed by atoms with Crippen molar-refractivity contribution in [2.75, 3.05) is 6.61 Å². The molecule has 0 bridgehead atoms. The second kappa shape index (κ2) is 4.91. The van der Waals surface area contributed by atoms with Crippen LogP contribution < -0.4 is 0 Å². The van der Waals surface area contributed by atoms with Crippen LogP contribution in [0.15, 0.2) is 6.07 Å². The summed E-state index contributed by atoms with van der Waals surface area (Å²) in [6, 6.07) is 1.84. The van der Waals surface area contributed by atoms with Crippen molar-refractivity contribution in [1.29, 1.82) is 0 Å². The molecule has 94 valence electrons. The van der Waals surface area contributed by atoms with Gasteiger partial charge in [0.1, 0.15) is 10.8 Å². The van der Waals surface area contributed by atoms with E-state index in [4.69, 9.17) is 16.3 Å². The highest BCUT2D eigenvalue weighted by molar-refractivity contribution is 6.29. The Morgan fingerprint density at radius 1 is 1.35 bits per heavy atom. The summed E-state index contributed by atoms with van der Waals surface area (Å²) >= 11 is 6.07. The van der Waals surface area contributed by atoms with E-state index in [2.05, 4.69) is 30.7 Å². The molecule has 0 N–H and O–H groups in total. The van der Waals surface area contributed by atoms with Gasteiger partial charge in [0, 0.05) is 12.3 Å². The van der Waals surface area contributed by atoms with Gasteiger partial charge in [0.25, 0.3) is 0 Å². The van der Waals surface area contributed by atoms with Crippen molar-refractivity contribution in [3.63, 3.8) is 0 Å². The smallest absolute Gasteiger partial charge is 0.161 e. The fourth-order valence-electron chi connectivity index (χ4n) is 2.08. The first-order chi connectivity index (χ1) is 8.01. The van der Waals surface area contributed by atoms with E-state index in [0.717, 1.165) is 37.4 Å². The summed E-state index contributed by atoms with van der Waals surface area (Å²) in [6.45, 7) is 7.05. The van der Waals surface area contributed by atoms with Gasteiger partial charge in [-0.25, -0.2) is 9.97 Å². The molecular formula is C13H19ClN2O. The van der Waals surface area contributed by atoms with Crippen LogP contribution in [0.2, 0.25) is 5.15 Å². The predicted molar refractivity (Wildman–Crippen MR) is 68.3 cm³/mol. The minimum atomic E-state index is -0.368. The third-order valence-electron chi connectivity index (χ3n) is 3.25. The molecular weight excluding hydrogens is 236 g/mol. The Hall–Kier alpha value is -0.670. The lowest BCUT2D eigenvalue weighted by molar-refractivity contribution is -0.0761. The SMILES string of the molecule is CC(C)c1cc(Cl)nc(C2(C)CCCCO2)n1. The van der Waals surface area contributed by atoms with Crippen molar-refractivity contribution in [3.8, 4) is 0 Å². The van der Waals surface area contributed by atoms with Crippen LogP contribution in [0.25, 0.3) is 0 Å². The third kappa shape index (κ3) is 2.78. The first-order valence-corrected chi connectivity index (χ1v) is 6.58. The van der Waals surface area contributed by atoms with Crippen LogP contribution in [0.5, 0.6) is 0 Å². The van der Waals surface area contributed by atoms with E-state index in [1.54, 1.807) is 0 Å².